The molecule has 16 heavy (non-hydrogen) atoms. The quantitative estimate of drug-likeness (QED) is 0.677. The maximum atomic E-state index is 10.8. The molecule has 0 aliphatic rings. The highest BCUT2D eigenvalue weighted by atomic mass is 16.5. The summed E-state index contributed by atoms with van der Waals surface area (Å²) in [5, 5.41) is 26.6. The number of ether oxygens (including phenoxy) is 1. The summed E-state index contributed by atoms with van der Waals surface area (Å²) in [6, 6.07) is 4.66. The van der Waals surface area contributed by atoms with Gasteiger partial charge in [0, 0.05) is 5.56 Å². The molecule has 0 spiro atoms. The largest absolute Gasteiger partial charge is 0.491 e. The summed E-state index contributed by atoms with van der Waals surface area (Å²) in [4.78, 5) is 10.8. The molecule has 0 aliphatic heterocycles. The van der Waals surface area contributed by atoms with Gasteiger partial charge in [0.2, 0.25) is 0 Å². The molecule has 0 radical (unpaired) electrons. The minimum atomic E-state index is -1.02. The summed E-state index contributed by atoms with van der Waals surface area (Å²) in [6.45, 7) is 1.17. The molecule has 1 atom stereocenters. The molecule has 88 valence electrons. The van der Waals surface area contributed by atoms with E-state index < -0.39 is 18.7 Å². The van der Waals surface area contributed by atoms with Crippen molar-refractivity contribution in [3.63, 3.8) is 0 Å². The number of carbonyl (C=O) groups is 1. The first-order chi connectivity index (χ1) is 7.56. The zero-order valence-electron chi connectivity index (χ0n) is 8.88. The van der Waals surface area contributed by atoms with Crippen LogP contribution in [0.5, 0.6) is 5.75 Å². The highest BCUT2D eigenvalue weighted by Crippen LogP contribution is 2.21. The van der Waals surface area contributed by atoms with Gasteiger partial charge in [-0.25, -0.2) is 4.79 Å². The highest BCUT2D eigenvalue weighted by molar-refractivity contribution is 5.90. The third-order valence-electron chi connectivity index (χ3n) is 2.16. The van der Waals surface area contributed by atoms with Crippen molar-refractivity contribution in [1.82, 2.24) is 0 Å². The van der Waals surface area contributed by atoms with Crippen LogP contribution in [0.2, 0.25) is 0 Å². The molecule has 3 N–H and O–H groups in total. The molecule has 1 rings (SSSR count). The Morgan fingerprint density at radius 3 is 2.75 bits per heavy atom. The molecule has 0 heterocycles. The van der Waals surface area contributed by atoms with E-state index in [2.05, 4.69) is 0 Å². The van der Waals surface area contributed by atoms with Crippen LogP contribution in [0, 0.1) is 6.92 Å². The van der Waals surface area contributed by atoms with Crippen LogP contribution in [0.25, 0.3) is 0 Å². The Balaban J connectivity index is 2.81. The van der Waals surface area contributed by atoms with Crippen LogP contribution in [-0.2, 0) is 0 Å². The van der Waals surface area contributed by atoms with Crippen molar-refractivity contribution in [3.8, 4) is 5.75 Å². The van der Waals surface area contributed by atoms with Gasteiger partial charge in [0.15, 0.2) is 0 Å². The van der Waals surface area contributed by atoms with Crippen LogP contribution in [0.15, 0.2) is 18.2 Å². The Kier molecular flexibility index (Phi) is 4.28. The fourth-order valence-electron chi connectivity index (χ4n) is 1.24. The number of rotatable bonds is 5. The minimum absolute atomic E-state index is 0.0690. The first kappa shape index (κ1) is 12.5. The lowest BCUT2D eigenvalue weighted by Crippen LogP contribution is -2.21. The number of benzene rings is 1. The number of aliphatic hydroxyl groups is 2. The van der Waals surface area contributed by atoms with Gasteiger partial charge in [0.25, 0.3) is 0 Å². The molecule has 1 unspecified atom stereocenters. The molecule has 5 nitrogen and oxygen atoms in total. The fraction of sp³-hybridized carbons (Fsp3) is 0.364. The molecule has 1 aromatic rings. The van der Waals surface area contributed by atoms with Crippen LogP contribution in [-0.4, -0.2) is 40.6 Å². The van der Waals surface area contributed by atoms with Crippen molar-refractivity contribution in [2.45, 2.75) is 13.0 Å². The second-order valence-corrected chi connectivity index (χ2v) is 3.38. The summed E-state index contributed by atoms with van der Waals surface area (Å²) in [5.74, 6) is -0.627. The number of carboxylic acid groups (broad SMARTS) is 1. The van der Waals surface area contributed by atoms with Gasteiger partial charge in [-0.3, -0.25) is 0 Å². The second kappa shape index (κ2) is 5.48. The molecule has 0 saturated heterocycles. The van der Waals surface area contributed by atoms with Crippen LogP contribution in [0.3, 0.4) is 0 Å². The van der Waals surface area contributed by atoms with E-state index in [4.69, 9.17) is 20.1 Å². The van der Waals surface area contributed by atoms with E-state index >= 15 is 0 Å². The van der Waals surface area contributed by atoms with Gasteiger partial charge in [0.1, 0.15) is 18.5 Å². The average molecular weight is 226 g/mol. The van der Waals surface area contributed by atoms with Crippen molar-refractivity contribution in [3.05, 3.63) is 29.3 Å². The van der Waals surface area contributed by atoms with E-state index in [1.807, 2.05) is 0 Å². The average Bonchev–Trinajstić information content (AvgIpc) is 2.26. The Morgan fingerprint density at radius 2 is 2.19 bits per heavy atom. The third-order valence-corrected chi connectivity index (χ3v) is 2.16. The first-order valence-corrected chi connectivity index (χ1v) is 4.81. The van der Waals surface area contributed by atoms with Crippen LogP contribution >= 0.6 is 0 Å². The van der Waals surface area contributed by atoms with Crippen molar-refractivity contribution in [2.24, 2.45) is 0 Å². The number of hydrogen-bond donors (Lipinski definition) is 3. The van der Waals surface area contributed by atoms with Gasteiger partial charge in [-0.05, 0) is 19.1 Å². The summed E-state index contributed by atoms with van der Waals surface area (Å²) in [7, 11) is 0. The molecule has 0 aliphatic carbocycles. The normalized spacial score (nSPS) is 12.2. The lowest BCUT2D eigenvalue weighted by atomic mass is 10.1. The van der Waals surface area contributed by atoms with Gasteiger partial charge in [-0.2, -0.15) is 0 Å². The van der Waals surface area contributed by atoms with Gasteiger partial charge in [0.05, 0.1) is 12.2 Å². The molecule has 0 amide bonds. The number of aliphatic hydroxyl groups excluding tert-OH is 2. The Hall–Kier alpha value is -1.59. The SMILES string of the molecule is Cc1c(OCC(O)CO)cccc1C(=O)O. The van der Waals surface area contributed by atoms with Crippen molar-refractivity contribution in [1.29, 1.82) is 0 Å². The zero-order chi connectivity index (χ0) is 12.1. The number of hydrogen-bond acceptors (Lipinski definition) is 4. The lowest BCUT2D eigenvalue weighted by Gasteiger charge is -2.12. The number of carboxylic acids is 1. The van der Waals surface area contributed by atoms with Gasteiger partial charge < -0.3 is 20.1 Å². The van der Waals surface area contributed by atoms with Gasteiger partial charge in [-0.1, -0.05) is 6.07 Å². The van der Waals surface area contributed by atoms with Gasteiger partial charge in [-0.15, -0.1) is 0 Å². The van der Waals surface area contributed by atoms with E-state index in [9.17, 15) is 4.79 Å². The molecule has 0 fully saturated rings. The molecule has 0 bridgehead atoms. The van der Waals surface area contributed by atoms with Gasteiger partial charge >= 0.3 is 5.97 Å². The van der Waals surface area contributed by atoms with Crippen molar-refractivity contribution in [2.75, 3.05) is 13.2 Å². The van der Waals surface area contributed by atoms with E-state index in [-0.39, 0.29) is 12.2 Å². The van der Waals surface area contributed by atoms with E-state index in [1.54, 1.807) is 19.1 Å². The maximum Gasteiger partial charge on any atom is 0.336 e. The summed E-state index contributed by atoms with van der Waals surface area (Å²) >= 11 is 0. The number of aromatic carboxylic acids is 1. The molecule has 1 aromatic carbocycles. The van der Waals surface area contributed by atoms with Crippen LogP contribution in [0.4, 0.5) is 0 Å². The molecule has 0 aromatic heterocycles. The van der Waals surface area contributed by atoms with Crippen LogP contribution < -0.4 is 4.74 Å². The Morgan fingerprint density at radius 1 is 1.50 bits per heavy atom. The molecule has 0 saturated carbocycles. The minimum Gasteiger partial charge on any atom is -0.491 e. The fourth-order valence-corrected chi connectivity index (χ4v) is 1.24. The Labute approximate surface area is 92.9 Å². The lowest BCUT2D eigenvalue weighted by molar-refractivity contribution is 0.0532. The summed E-state index contributed by atoms with van der Waals surface area (Å²) in [6.07, 6.45) is -0.965. The third kappa shape index (κ3) is 2.95. The van der Waals surface area contributed by atoms with E-state index in [1.165, 1.54) is 6.07 Å². The monoisotopic (exact) mass is 226 g/mol. The zero-order valence-corrected chi connectivity index (χ0v) is 8.88. The van der Waals surface area contributed by atoms with Crippen molar-refractivity contribution < 1.29 is 24.9 Å². The van der Waals surface area contributed by atoms with Crippen molar-refractivity contribution >= 4 is 5.97 Å². The highest BCUT2D eigenvalue weighted by Gasteiger charge is 2.11. The predicted molar refractivity (Wildman–Crippen MR) is 56.7 cm³/mol. The first-order valence-electron chi connectivity index (χ1n) is 4.81. The summed E-state index contributed by atoms with van der Waals surface area (Å²) < 4.78 is 5.21. The molecular formula is C11H14O5. The predicted octanol–water partition coefficient (Wildman–Crippen LogP) is 0.425. The smallest absolute Gasteiger partial charge is 0.336 e. The molecular weight excluding hydrogens is 212 g/mol. The maximum absolute atomic E-state index is 10.8. The van der Waals surface area contributed by atoms with E-state index in [0.29, 0.717) is 11.3 Å². The Bertz CT molecular complexity index is 375. The summed E-state index contributed by atoms with van der Waals surface area (Å²) in [5.41, 5.74) is 0.663. The topological polar surface area (TPSA) is 87.0 Å². The second-order valence-electron chi connectivity index (χ2n) is 3.38. The van der Waals surface area contributed by atoms with Crippen LogP contribution in [0.1, 0.15) is 15.9 Å². The standard InChI is InChI=1S/C11H14O5/c1-7-9(11(14)15)3-2-4-10(7)16-6-8(13)5-12/h2-4,8,12-13H,5-6H2,1H3,(H,14,15). The van der Waals surface area contributed by atoms with E-state index in [0.717, 1.165) is 0 Å². The molecule has 5 heteroatoms.